The number of carbonyl (C=O) groups excluding carboxylic acids is 2. The Morgan fingerprint density at radius 3 is 1.36 bits per heavy atom. The minimum Gasteiger partial charge on any atom is -0.497 e. The second-order valence-electron chi connectivity index (χ2n) is 7.20. The molecule has 33 heavy (non-hydrogen) atoms. The molecular formula is C25H32N4O4. The van der Waals surface area contributed by atoms with Crippen LogP contribution < -0.4 is 20.3 Å². The molecule has 0 radical (unpaired) electrons. The molecule has 0 aliphatic heterocycles. The molecule has 0 atom stereocenters. The van der Waals surface area contributed by atoms with Gasteiger partial charge in [-0.15, -0.1) is 0 Å². The summed E-state index contributed by atoms with van der Waals surface area (Å²) in [5.41, 5.74) is 8.51. The van der Waals surface area contributed by atoms with Crippen molar-refractivity contribution in [3.63, 3.8) is 0 Å². The van der Waals surface area contributed by atoms with Crippen LogP contribution in [0.1, 0.15) is 57.1 Å². The Hall–Kier alpha value is -3.68. The van der Waals surface area contributed by atoms with E-state index in [-0.39, 0.29) is 24.7 Å². The highest BCUT2D eigenvalue weighted by atomic mass is 16.5. The number of hydrazone groups is 2. The monoisotopic (exact) mass is 452 g/mol. The topological polar surface area (TPSA) is 101 Å². The lowest BCUT2D eigenvalue weighted by molar-refractivity contribution is -0.122. The molecule has 2 rings (SSSR count). The van der Waals surface area contributed by atoms with E-state index >= 15 is 0 Å². The summed E-state index contributed by atoms with van der Waals surface area (Å²) in [6.45, 7) is 3.94. The van der Waals surface area contributed by atoms with Crippen molar-refractivity contribution >= 4 is 23.2 Å². The molecule has 0 heterocycles. The number of amides is 2. The molecule has 0 fully saturated rings. The van der Waals surface area contributed by atoms with E-state index in [0.717, 1.165) is 34.0 Å². The minimum absolute atomic E-state index is 0.194. The summed E-state index contributed by atoms with van der Waals surface area (Å²) >= 11 is 0. The van der Waals surface area contributed by atoms with Crippen LogP contribution in [0.25, 0.3) is 0 Å². The lowest BCUT2D eigenvalue weighted by Crippen LogP contribution is -2.22. The lowest BCUT2D eigenvalue weighted by atomic mass is 10.1. The summed E-state index contributed by atoms with van der Waals surface area (Å²) in [5, 5.41) is 8.45. The van der Waals surface area contributed by atoms with Crippen LogP contribution in [0.5, 0.6) is 11.5 Å². The van der Waals surface area contributed by atoms with Gasteiger partial charge >= 0.3 is 0 Å². The minimum atomic E-state index is -0.238. The normalized spacial score (nSPS) is 11.6. The first kappa shape index (κ1) is 25.6. The number of benzene rings is 2. The van der Waals surface area contributed by atoms with Gasteiger partial charge in [0.15, 0.2) is 0 Å². The van der Waals surface area contributed by atoms with Gasteiger partial charge in [0, 0.05) is 12.8 Å². The van der Waals surface area contributed by atoms with Gasteiger partial charge in [-0.25, -0.2) is 10.9 Å². The van der Waals surface area contributed by atoms with E-state index < -0.39 is 0 Å². The van der Waals surface area contributed by atoms with E-state index in [2.05, 4.69) is 21.1 Å². The van der Waals surface area contributed by atoms with E-state index in [1.165, 1.54) is 0 Å². The highest BCUT2D eigenvalue weighted by molar-refractivity contribution is 6.01. The molecule has 0 saturated carbocycles. The van der Waals surface area contributed by atoms with Crippen molar-refractivity contribution in [1.82, 2.24) is 10.9 Å². The second-order valence-corrected chi connectivity index (χ2v) is 7.20. The number of rotatable bonds is 12. The standard InChI is InChI=1S/C25H32N4O4/c1-5-22(18-10-14-20(32-3)15-11-18)26-28-24(30)8-7-9-25(31)29-27-23(6-2)19-12-16-21(33-4)17-13-19/h10-17H,5-9H2,1-4H3,(H,28,30)(H,29,31). The Morgan fingerprint density at radius 2 is 1.06 bits per heavy atom. The molecular weight excluding hydrogens is 420 g/mol. The molecule has 0 aliphatic rings. The smallest absolute Gasteiger partial charge is 0.240 e. The Labute approximate surface area is 195 Å². The molecule has 0 aromatic heterocycles. The van der Waals surface area contributed by atoms with Gasteiger partial charge in [0.2, 0.25) is 11.8 Å². The third-order valence-corrected chi connectivity index (χ3v) is 4.96. The van der Waals surface area contributed by atoms with Crippen LogP contribution in [-0.4, -0.2) is 37.5 Å². The van der Waals surface area contributed by atoms with Gasteiger partial charge in [0.1, 0.15) is 11.5 Å². The molecule has 2 N–H and O–H groups in total. The van der Waals surface area contributed by atoms with Crippen molar-refractivity contribution < 1.29 is 19.1 Å². The summed E-state index contributed by atoms with van der Waals surface area (Å²) in [5.74, 6) is 1.04. The zero-order chi connectivity index (χ0) is 24.1. The highest BCUT2D eigenvalue weighted by Gasteiger charge is 2.08. The summed E-state index contributed by atoms with van der Waals surface area (Å²) in [4.78, 5) is 24.2. The maximum absolute atomic E-state index is 12.1. The van der Waals surface area contributed by atoms with Gasteiger partial charge in [0.25, 0.3) is 0 Å². The van der Waals surface area contributed by atoms with Crippen LogP contribution in [-0.2, 0) is 9.59 Å². The average molecular weight is 453 g/mol. The molecule has 2 aromatic carbocycles. The largest absolute Gasteiger partial charge is 0.497 e. The van der Waals surface area contributed by atoms with E-state index in [1.54, 1.807) is 14.2 Å². The van der Waals surface area contributed by atoms with Crippen LogP contribution in [0.15, 0.2) is 58.7 Å². The van der Waals surface area contributed by atoms with Gasteiger partial charge in [-0.2, -0.15) is 10.2 Å². The van der Waals surface area contributed by atoms with Crippen molar-refractivity contribution in [1.29, 1.82) is 0 Å². The van der Waals surface area contributed by atoms with Crippen molar-refractivity contribution in [2.24, 2.45) is 10.2 Å². The average Bonchev–Trinajstić information content (AvgIpc) is 2.85. The first-order valence-corrected chi connectivity index (χ1v) is 11.0. The first-order chi connectivity index (χ1) is 16.0. The first-order valence-electron chi connectivity index (χ1n) is 11.0. The van der Waals surface area contributed by atoms with Crippen molar-refractivity contribution in [3.8, 4) is 11.5 Å². The number of carbonyl (C=O) groups is 2. The molecule has 2 amide bonds. The Morgan fingerprint density at radius 1 is 0.697 bits per heavy atom. The molecule has 0 unspecified atom stereocenters. The van der Waals surface area contributed by atoms with E-state index in [9.17, 15) is 9.59 Å². The molecule has 2 aromatic rings. The fourth-order valence-corrected chi connectivity index (χ4v) is 3.04. The van der Waals surface area contributed by atoms with Gasteiger partial charge in [-0.05, 0) is 78.9 Å². The quantitative estimate of drug-likeness (QED) is 0.375. The molecule has 0 aliphatic carbocycles. The Bertz CT molecular complexity index is 887. The summed E-state index contributed by atoms with van der Waals surface area (Å²) in [7, 11) is 3.22. The Kier molecular flexibility index (Phi) is 10.6. The van der Waals surface area contributed by atoms with E-state index in [0.29, 0.717) is 19.3 Å². The summed E-state index contributed by atoms with van der Waals surface area (Å²) in [6, 6.07) is 15.0. The predicted octanol–water partition coefficient (Wildman–Crippen LogP) is 4.03. The van der Waals surface area contributed by atoms with Crippen LogP contribution >= 0.6 is 0 Å². The zero-order valence-corrected chi connectivity index (χ0v) is 19.7. The van der Waals surface area contributed by atoms with Gasteiger partial charge in [-0.1, -0.05) is 13.8 Å². The maximum atomic E-state index is 12.1. The summed E-state index contributed by atoms with van der Waals surface area (Å²) < 4.78 is 10.3. The van der Waals surface area contributed by atoms with Crippen molar-refractivity contribution in [3.05, 3.63) is 59.7 Å². The predicted molar refractivity (Wildman–Crippen MR) is 130 cm³/mol. The van der Waals surface area contributed by atoms with Crippen LogP contribution in [0.2, 0.25) is 0 Å². The van der Waals surface area contributed by atoms with Gasteiger partial charge in [0.05, 0.1) is 25.6 Å². The molecule has 176 valence electrons. The molecule has 8 nitrogen and oxygen atoms in total. The number of nitrogens with zero attached hydrogens (tertiary/aromatic N) is 2. The number of hydrogen-bond donors (Lipinski definition) is 2. The maximum Gasteiger partial charge on any atom is 0.240 e. The molecule has 8 heteroatoms. The van der Waals surface area contributed by atoms with Crippen LogP contribution in [0, 0.1) is 0 Å². The van der Waals surface area contributed by atoms with Crippen LogP contribution in [0.3, 0.4) is 0 Å². The number of ether oxygens (including phenoxy) is 2. The fourth-order valence-electron chi connectivity index (χ4n) is 3.04. The molecule has 0 bridgehead atoms. The van der Waals surface area contributed by atoms with Crippen molar-refractivity contribution in [2.45, 2.75) is 46.0 Å². The van der Waals surface area contributed by atoms with E-state index in [1.807, 2.05) is 62.4 Å². The zero-order valence-electron chi connectivity index (χ0n) is 19.7. The van der Waals surface area contributed by atoms with E-state index in [4.69, 9.17) is 9.47 Å². The second kappa shape index (κ2) is 13.7. The molecule has 0 saturated heterocycles. The number of methoxy groups -OCH3 is 2. The fraction of sp³-hybridized carbons (Fsp3) is 0.360. The summed E-state index contributed by atoms with van der Waals surface area (Å²) in [6.07, 6.45) is 2.12. The highest BCUT2D eigenvalue weighted by Crippen LogP contribution is 2.14. The SMILES string of the molecule is CCC(=NNC(=O)CCCC(=O)NN=C(CC)c1ccc(OC)cc1)c1ccc(OC)cc1. The third-order valence-electron chi connectivity index (χ3n) is 4.96. The lowest BCUT2D eigenvalue weighted by Gasteiger charge is -2.07. The van der Waals surface area contributed by atoms with Gasteiger partial charge < -0.3 is 9.47 Å². The van der Waals surface area contributed by atoms with Crippen LogP contribution in [0.4, 0.5) is 0 Å². The third kappa shape index (κ3) is 8.40. The number of nitrogens with one attached hydrogen (secondary N) is 2. The Balaban J connectivity index is 1.79. The molecule has 0 spiro atoms. The van der Waals surface area contributed by atoms with Crippen molar-refractivity contribution in [2.75, 3.05) is 14.2 Å². The number of hydrogen-bond acceptors (Lipinski definition) is 6. The van der Waals surface area contributed by atoms with Gasteiger partial charge in [-0.3, -0.25) is 9.59 Å².